The Morgan fingerprint density at radius 1 is 1.04 bits per heavy atom. The van der Waals surface area contributed by atoms with Crippen LogP contribution in [0, 0.1) is 0 Å². The molecule has 0 amide bonds. The molecule has 0 atom stereocenters. The molecule has 1 N–H and O–H groups in total. The number of hydrogen-bond donors (Lipinski definition) is 1. The maximum Gasteiger partial charge on any atom is 0.573 e. The summed E-state index contributed by atoms with van der Waals surface area (Å²) in [5.41, 5.74) is 0.695. The van der Waals surface area contributed by atoms with E-state index in [0.717, 1.165) is 13.1 Å². The molecule has 1 saturated heterocycles. The van der Waals surface area contributed by atoms with E-state index in [1.807, 2.05) is 0 Å². The quantitative estimate of drug-likeness (QED) is 0.825. The molecule has 0 saturated carbocycles. The Hall–Kier alpha value is -2.12. The predicted molar refractivity (Wildman–Crippen MR) is 86.2 cm³/mol. The third-order valence-corrected chi connectivity index (χ3v) is 3.73. The van der Waals surface area contributed by atoms with Crippen molar-refractivity contribution >= 4 is 11.6 Å². The summed E-state index contributed by atoms with van der Waals surface area (Å²) in [4.78, 5) is 0. The van der Waals surface area contributed by atoms with E-state index in [1.54, 1.807) is 18.2 Å². The van der Waals surface area contributed by atoms with Gasteiger partial charge in [0.05, 0.1) is 0 Å². The van der Waals surface area contributed by atoms with E-state index in [-0.39, 0.29) is 18.5 Å². The molecule has 0 unspecified atom stereocenters. The Balaban J connectivity index is 1.63. The maximum absolute atomic E-state index is 12.2. The molecule has 4 nitrogen and oxygen atoms in total. The molecule has 1 heterocycles. The van der Waals surface area contributed by atoms with Crippen molar-refractivity contribution in [3.8, 4) is 17.2 Å². The second kappa shape index (κ2) is 7.41. The van der Waals surface area contributed by atoms with Gasteiger partial charge in [-0.15, -0.1) is 13.2 Å². The summed E-state index contributed by atoms with van der Waals surface area (Å²) in [5, 5.41) is 3.63. The fraction of sp³-hybridized carbons (Fsp3) is 0.294. The number of nitrogens with one attached hydrogen (secondary N) is 1. The standard InChI is InChI=1S/C17H15ClF3NO3/c18-12-3-6-15(16(7-12)24-14-8-22-9-14)23-10-11-1-4-13(5-2-11)25-17(19,20)21/h1-7,14,22H,8-10H2. The molecule has 1 fully saturated rings. The number of halogens is 4. The zero-order valence-corrected chi connectivity index (χ0v) is 13.7. The minimum Gasteiger partial charge on any atom is -0.485 e. The summed E-state index contributed by atoms with van der Waals surface area (Å²) in [5.74, 6) is 0.784. The van der Waals surface area contributed by atoms with E-state index in [2.05, 4.69) is 10.1 Å². The van der Waals surface area contributed by atoms with Gasteiger partial charge in [-0.1, -0.05) is 23.7 Å². The maximum atomic E-state index is 12.2. The Kier molecular flexibility index (Phi) is 5.24. The number of alkyl halides is 3. The third-order valence-electron chi connectivity index (χ3n) is 3.49. The molecular formula is C17H15ClF3NO3. The van der Waals surface area contributed by atoms with Crippen molar-refractivity contribution < 1.29 is 27.4 Å². The van der Waals surface area contributed by atoms with Crippen LogP contribution in [0.5, 0.6) is 17.2 Å². The smallest absolute Gasteiger partial charge is 0.485 e. The molecule has 3 rings (SSSR count). The van der Waals surface area contributed by atoms with E-state index in [9.17, 15) is 13.2 Å². The van der Waals surface area contributed by atoms with Crippen LogP contribution in [-0.2, 0) is 6.61 Å². The lowest BCUT2D eigenvalue weighted by molar-refractivity contribution is -0.274. The van der Waals surface area contributed by atoms with Gasteiger partial charge in [-0.05, 0) is 29.8 Å². The lowest BCUT2D eigenvalue weighted by atomic mass is 10.2. The molecule has 1 aliphatic rings. The molecule has 0 spiro atoms. The van der Waals surface area contributed by atoms with Gasteiger partial charge in [0.1, 0.15) is 18.5 Å². The summed E-state index contributed by atoms with van der Waals surface area (Å²) in [6.45, 7) is 1.69. The number of benzene rings is 2. The Morgan fingerprint density at radius 3 is 2.36 bits per heavy atom. The summed E-state index contributed by atoms with van der Waals surface area (Å²) < 4.78 is 51.8. The molecule has 2 aromatic rings. The van der Waals surface area contributed by atoms with Crippen molar-refractivity contribution in [1.29, 1.82) is 0 Å². The van der Waals surface area contributed by atoms with Crippen LogP contribution in [0.25, 0.3) is 0 Å². The average molecular weight is 374 g/mol. The highest BCUT2D eigenvalue weighted by Crippen LogP contribution is 2.32. The molecule has 8 heteroatoms. The topological polar surface area (TPSA) is 39.7 Å². The van der Waals surface area contributed by atoms with Gasteiger partial charge in [-0.25, -0.2) is 0 Å². The predicted octanol–water partition coefficient (Wildman–Crippen LogP) is 4.17. The molecule has 134 valence electrons. The molecule has 0 radical (unpaired) electrons. The lowest BCUT2D eigenvalue weighted by Crippen LogP contribution is -2.50. The van der Waals surface area contributed by atoms with E-state index in [4.69, 9.17) is 21.1 Å². The highest BCUT2D eigenvalue weighted by Gasteiger charge is 2.30. The minimum absolute atomic E-state index is 0.0691. The first kappa shape index (κ1) is 17.7. The second-order valence-electron chi connectivity index (χ2n) is 5.47. The molecule has 1 aliphatic heterocycles. The van der Waals surface area contributed by atoms with Crippen LogP contribution in [0.4, 0.5) is 13.2 Å². The Labute approximate surface area is 147 Å². The van der Waals surface area contributed by atoms with Gasteiger partial charge in [-0.3, -0.25) is 0 Å². The van der Waals surface area contributed by atoms with Gasteiger partial charge < -0.3 is 19.5 Å². The normalized spacial score (nSPS) is 14.7. The van der Waals surface area contributed by atoms with Crippen molar-refractivity contribution in [3.05, 3.63) is 53.1 Å². The molecular weight excluding hydrogens is 359 g/mol. The summed E-state index contributed by atoms with van der Waals surface area (Å²) in [7, 11) is 0. The third kappa shape index (κ3) is 5.17. The van der Waals surface area contributed by atoms with Crippen LogP contribution in [0.1, 0.15) is 5.56 Å². The van der Waals surface area contributed by atoms with Crippen LogP contribution in [0.3, 0.4) is 0 Å². The summed E-state index contributed by atoms with van der Waals surface area (Å²) >= 11 is 5.99. The second-order valence-corrected chi connectivity index (χ2v) is 5.91. The van der Waals surface area contributed by atoms with Gasteiger partial charge >= 0.3 is 6.36 Å². The van der Waals surface area contributed by atoms with Crippen molar-refractivity contribution in [2.45, 2.75) is 19.1 Å². The van der Waals surface area contributed by atoms with Crippen molar-refractivity contribution in [2.75, 3.05) is 13.1 Å². The number of hydrogen-bond acceptors (Lipinski definition) is 4. The van der Waals surface area contributed by atoms with E-state index < -0.39 is 6.36 Å². The van der Waals surface area contributed by atoms with Gasteiger partial charge in [0.25, 0.3) is 0 Å². The summed E-state index contributed by atoms with van der Waals surface area (Å²) in [6.07, 6.45) is -4.64. The highest BCUT2D eigenvalue weighted by atomic mass is 35.5. The number of ether oxygens (including phenoxy) is 3. The zero-order chi connectivity index (χ0) is 17.9. The zero-order valence-electron chi connectivity index (χ0n) is 13.0. The van der Waals surface area contributed by atoms with E-state index in [0.29, 0.717) is 22.1 Å². The largest absolute Gasteiger partial charge is 0.573 e. The van der Waals surface area contributed by atoms with E-state index >= 15 is 0 Å². The molecule has 0 aliphatic carbocycles. The van der Waals surface area contributed by atoms with Crippen molar-refractivity contribution in [1.82, 2.24) is 5.32 Å². The molecule has 0 aromatic heterocycles. The Morgan fingerprint density at radius 2 is 1.76 bits per heavy atom. The Bertz CT molecular complexity index is 718. The monoisotopic (exact) mass is 373 g/mol. The highest BCUT2D eigenvalue weighted by molar-refractivity contribution is 6.30. The van der Waals surface area contributed by atoms with Gasteiger partial charge in [0, 0.05) is 24.2 Å². The van der Waals surface area contributed by atoms with Gasteiger partial charge in [0.2, 0.25) is 0 Å². The minimum atomic E-state index is -4.70. The fourth-order valence-corrected chi connectivity index (χ4v) is 2.33. The first-order chi connectivity index (χ1) is 11.9. The fourth-order valence-electron chi connectivity index (χ4n) is 2.17. The average Bonchev–Trinajstić information content (AvgIpc) is 2.50. The number of rotatable bonds is 6. The first-order valence-electron chi connectivity index (χ1n) is 7.53. The lowest BCUT2D eigenvalue weighted by Gasteiger charge is -2.28. The summed E-state index contributed by atoms with van der Waals surface area (Å²) in [6, 6.07) is 10.6. The van der Waals surface area contributed by atoms with Crippen LogP contribution < -0.4 is 19.5 Å². The van der Waals surface area contributed by atoms with Crippen LogP contribution in [0.2, 0.25) is 5.02 Å². The first-order valence-corrected chi connectivity index (χ1v) is 7.91. The van der Waals surface area contributed by atoms with Gasteiger partial charge in [0.15, 0.2) is 11.5 Å². The van der Waals surface area contributed by atoms with Crippen molar-refractivity contribution in [2.24, 2.45) is 0 Å². The molecule has 25 heavy (non-hydrogen) atoms. The van der Waals surface area contributed by atoms with E-state index in [1.165, 1.54) is 24.3 Å². The van der Waals surface area contributed by atoms with Crippen LogP contribution in [0.15, 0.2) is 42.5 Å². The van der Waals surface area contributed by atoms with Crippen molar-refractivity contribution in [3.63, 3.8) is 0 Å². The SMILES string of the molecule is FC(F)(F)Oc1ccc(COc2ccc(Cl)cc2OC2CNC2)cc1. The molecule has 0 bridgehead atoms. The molecule has 2 aromatic carbocycles. The van der Waals surface area contributed by atoms with Crippen LogP contribution >= 0.6 is 11.6 Å². The van der Waals surface area contributed by atoms with Crippen LogP contribution in [-0.4, -0.2) is 25.6 Å². The van der Waals surface area contributed by atoms with Gasteiger partial charge in [-0.2, -0.15) is 0 Å².